The molecular weight excluding hydrogens is 605 g/mol. The summed E-state index contributed by atoms with van der Waals surface area (Å²) in [5.74, 6) is 0. The monoisotopic (exact) mass is 636 g/mol. The number of rotatable bonds is 5. The van der Waals surface area contributed by atoms with Crippen LogP contribution in [0.2, 0.25) is 0 Å². The maximum Gasteiger partial charge on any atom is 0.0549 e. The van der Waals surface area contributed by atoms with Gasteiger partial charge in [0.05, 0.1) is 27.8 Å². The lowest BCUT2D eigenvalue weighted by Gasteiger charge is -2.14. The van der Waals surface area contributed by atoms with Crippen LogP contribution in [-0.2, 0) is 0 Å². The highest BCUT2D eigenvalue weighted by Gasteiger charge is 2.21. The number of aromatic nitrogens is 2. The molecule has 0 amide bonds. The van der Waals surface area contributed by atoms with Crippen LogP contribution in [0.25, 0.3) is 88.4 Å². The molecule has 50 heavy (non-hydrogen) atoms. The number of nitrogens with zero attached hydrogens (tertiary/aromatic N) is 2. The van der Waals surface area contributed by atoms with Crippen LogP contribution in [0.3, 0.4) is 0 Å². The molecule has 234 valence electrons. The first kappa shape index (κ1) is 28.4. The van der Waals surface area contributed by atoms with Gasteiger partial charge in [0.1, 0.15) is 0 Å². The molecular formula is C48H32N2. The van der Waals surface area contributed by atoms with E-state index in [4.69, 9.17) is 0 Å². The molecule has 0 aliphatic carbocycles. The third kappa shape index (κ3) is 4.43. The zero-order valence-electron chi connectivity index (χ0n) is 27.4. The molecule has 2 aromatic heterocycles. The summed E-state index contributed by atoms with van der Waals surface area (Å²) in [5, 5.41) is 5.08. The van der Waals surface area contributed by atoms with Crippen molar-refractivity contribution in [1.29, 1.82) is 0 Å². The highest BCUT2D eigenvalue weighted by atomic mass is 15.0. The fraction of sp³-hybridized carbons (Fsp3) is 0. The molecule has 0 spiro atoms. The van der Waals surface area contributed by atoms with Crippen molar-refractivity contribution >= 4 is 43.6 Å². The molecule has 2 nitrogen and oxygen atoms in total. The number of benzene rings is 8. The van der Waals surface area contributed by atoms with Crippen LogP contribution >= 0.6 is 0 Å². The Morgan fingerprint density at radius 3 is 1.42 bits per heavy atom. The van der Waals surface area contributed by atoms with E-state index < -0.39 is 0 Å². The predicted octanol–water partition coefficient (Wildman–Crippen LogP) is 12.9. The van der Waals surface area contributed by atoms with E-state index in [1.165, 1.54) is 82.7 Å². The van der Waals surface area contributed by atoms with Crippen molar-refractivity contribution in [2.45, 2.75) is 0 Å². The Bertz CT molecular complexity index is 2840. The third-order valence-electron chi connectivity index (χ3n) is 10.1. The van der Waals surface area contributed by atoms with Crippen LogP contribution in [0.15, 0.2) is 194 Å². The summed E-state index contributed by atoms with van der Waals surface area (Å²) < 4.78 is 4.88. The van der Waals surface area contributed by atoms with E-state index in [1.807, 2.05) is 0 Å². The molecule has 10 rings (SSSR count). The van der Waals surface area contributed by atoms with Crippen molar-refractivity contribution in [3.63, 3.8) is 0 Å². The molecule has 0 fully saturated rings. The summed E-state index contributed by atoms with van der Waals surface area (Å²) in [7, 11) is 0. The van der Waals surface area contributed by atoms with Gasteiger partial charge >= 0.3 is 0 Å². The summed E-state index contributed by atoms with van der Waals surface area (Å²) in [4.78, 5) is 0. The molecule has 0 unspecified atom stereocenters. The largest absolute Gasteiger partial charge is 0.309 e. The van der Waals surface area contributed by atoms with Crippen molar-refractivity contribution < 1.29 is 0 Å². The Morgan fingerprint density at radius 1 is 0.280 bits per heavy atom. The highest BCUT2D eigenvalue weighted by Crippen LogP contribution is 2.43. The lowest BCUT2D eigenvalue weighted by atomic mass is 9.99. The first-order valence-electron chi connectivity index (χ1n) is 17.2. The standard InChI is InChI=1S/C48H32N2/c1-3-14-33(15-4-1)36-18-13-19-37(32-36)34-26-28-38(29-27-34)49-43-24-11-8-21-40(43)47-45(49)30-31-46-48(47)41-22-9-12-25-44(41)50(46)42-23-10-7-20-39(42)35-16-5-2-6-17-35/h1-32H. The van der Waals surface area contributed by atoms with Gasteiger partial charge in [-0.2, -0.15) is 0 Å². The van der Waals surface area contributed by atoms with Gasteiger partial charge in [0.15, 0.2) is 0 Å². The number of hydrogen-bond acceptors (Lipinski definition) is 0. The molecule has 0 radical (unpaired) electrons. The minimum Gasteiger partial charge on any atom is -0.309 e. The molecule has 0 saturated heterocycles. The molecule has 2 heterocycles. The van der Waals surface area contributed by atoms with Crippen molar-refractivity contribution in [1.82, 2.24) is 9.13 Å². The molecule has 0 saturated carbocycles. The maximum absolute atomic E-state index is 2.46. The zero-order chi connectivity index (χ0) is 33.0. The van der Waals surface area contributed by atoms with Gasteiger partial charge in [-0.05, 0) is 76.3 Å². The van der Waals surface area contributed by atoms with Crippen LogP contribution in [0.5, 0.6) is 0 Å². The Kier molecular flexibility index (Phi) is 6.53. The van der Waals surface area contributed by atoms with E-state index in [2.05, 4.69) is 203 Å². The van der Waals surface area contributed by atoms with Crippen molar-refractivity contribution in [2.24, 2.45) is 0 Å². The van der Waals surface area contributed by atoms with Crippen molar-refractivity contribution in [2.75, 3.05) is 0 Å². The van der Waals surface area contributed by atoms with E-state index in [0.29, 0.717) is 0 Å². The van der Waals surface area contributed by atoms with E-state index in [1.54, 1.807) is 0 Å². The van der Waals surface area contributed by atoms with Gasteiger partial charge in [-0.15, -0.1) is 0 Å². The predicted molar refractivity (Wildman–Crippen MR) is 211 cm³/mol. The number of hydrogen-bond donors (Lipinski definition) is 0. The van der Waals surface area contributed by atoms with E-state index in [-0.39, 0.29) is 0 Å². The molecule has 0 atom stereocenters. The van der Waals surface area contributed by atoms with Crippen molar-refractivity contribution in [3.8, 4) is 44.8 Å². The Balaban J connectivity index is 1.18. The normalized spacial score (nSPS) is 11.6. The maximum atomic E-state index is 2.46. The number of fused-ring (bicyclic) bond motifs is 7. The second kappa shape index (κ2) is 11.5. The molecule has 0 aliphatic rings. The van der Waals surface area contributed by atoms with Gasteiger partial charge in [-0.1, -0.05) is 146 Å². The van der Waals surface area contributed by atoms with Crippen molar-refractivity contribution in [3.05, 3.63) is 194 Å². The highest BCUT2D eigenvalue weighted by molar-refractivity contribution is 6.29. The van der Waals surface area contributed by atoms with Gasteiger partial charge < -0.3 is 9.13 Å². The first-order chi connectivity index (χ1) is 24.8. The van der Waals surface area contributed by atoms with Crippen LogP contribution in [0.4, 0.5) is 0 Å². The quantitative estimate of drug-likeness (QED) is 0.178. The van der Waals surface area contributed by atoms with Gasteiger partial charge in [0.25, 0.3) is 0 Å². The smallest absolute Gasteiger partial charge is 0.0549 e. The molecule has 0 N–H and O–H groups in total. The molecule has 0 bridgehead atoms. The van der Waals surface area contributed by atoms with Gasteiger partial charge in [0.2, 0.25) is 0 Å². The van der Waals surface area contributed by atoms with Crippen LogP contribution in [-0.4, -0.2) is 9.13 Å². The molecule has 8 aromatic carbocycles. The van der Waals surface area contributed by atoms with Gasteiger partial charge in [0, 0.05) is 32.8 Å². The van der Waals surface area contributed by atoms with E-state index >= 15 is 0 Å². The van der Waals surface area contributed by atoms with Gasteiger partial charge in [-0.3, -0.25) is 0 Å². The number of para-hydroxylation sites is 3. The molecule has 10 aromatic rings. The SMILES string of the molecule is c1ccc(-c2cccc(-c3ccc(-n4c5ccccc5c5c6c7ccccc7n(-c7ccccc7-c7ccccc7)c6ccc54)cc3)c2)cc1. The third-order valence-corrected chi connectivity index (χ3v) is 10.1. The van der Waals surface area contributed by atoms with Gasteiger partial charge in [-0.25, -0.2) is 0 Å². The lowest BCUT2D eigenvalue weighted by molar-refractivity contribution is 1.17. The fourth-order valence-electron chi connectivity index (χ4n) is 7.90. The molecule has 0 aliphatic heterocycles. The first-order valence-corrected chi connectivity index (χ1v) is 17.2. The van der Waals surface area contributed by atoms with Crippen LogP contribution in [0.1, 0.15) is 0 Å². The zero-order valence-corrected chi connectivity index (χ0v) is 27.4. The minimum atomic E-state index is 1.15. The Hall–Kier alpha value is -6.64. The average Bonchev–Trinajstić information content (AvgIpc) is 3.71. The summed E-state index contributed by atoms with van der Waals surface area (Å²) >= 11 is 0. The summed E-state index contributed by atoms with van der Waals surface area (Å²) in [6, 6.07) is 70.3. The lowest BCUT2D eigenvalue weighted by Crippen LogP contribution is -1.97. The second-order valence-electron chi connectivity index (χ2n) is 12.9. The summed E-state index contributed by atoms with van der Waals surface area (Å²) in [6.07, 6.45) is 0. The van der Waals surface area contributed by atoms with E-state index in [0.717, 1.165) is 5.69 Å². The van der Waals surface area contributed by atoms with Crippen LogP contribution in [0, 0.1) is 0 Å². The minimum absolute atomic E-state index is 1.15. The Labute approximate surface area is 290 Å². The summed E-state index contributed by atoms with van der Waals surface area (Å²) in [6.45, 7) is 0. The summed E-state index contributed by atoms with van der Waals surface area (Å²) in [5.41, 5.74) is 14.5. The van der Waals surface area contributed by atoms with E-state index in [9.17, 15) is 0 Å². The second-order valence-corrected chi connectivity index (χ2v) is 12.9. The fourth-order valence-corrected chi connectivity index (χ4v) is 7.90. The topological polar surface area (TPSA) is 9.86 Å². The average molecular weight is 637 g/mol. The molecule has 2 heteroatoms. The Morgan fingerprint density at radius 2 is 0.760 bits per heavy atom. The van der Waals surface area contributed by atoms with Crippen LogP contribution < -0.4 is 0 Å².